The van der Waals surface area contributed by atoms with Crippen molar-refractivity contribution in [1.29, 1.82) is 0 Å². The van der Waals surface area contributed by atoms with Crippen LogP contribution in [0.4, 0.5) is 0 Å². The molecule has 102 valence electrons. The molecule has 0 saturated carbocycles. The second kappa shape index (κ2) is 6.11. The van der Waals surface area contributed by atoms with Crippen molar-refractivity contribution in [2.24, 2.45) is 0 Å². The number of hydrogen-bond acceptors (Lipinski definition) is 4. The van der Waals surface area contributed by atoms with E-state index >= 15 is 0 Å². The summed E-state index contributed by atoms with van der Waals surface area (Å²) in [6.07, 6.45) is 2.96. The van der Waals surface area contributed by atoms with Crippen LogP contribution in [0.1, 0.15) is 30.6 Å². The van der Waals surface area contributed by atoms with Crippen molar-refractivity contribution in [3.63, 3.8) is 0 Å². The van der Waals surface area contributed by atoms with Crippen LogP contribution in [0, 0.1) is 0 Å². The Labute approximate surface area is 123 Å². The molecule has 1 aromatic heterocycles. The van der Waals surface area contributed by atoms with Crippen LogP contribution in [-0.4, -0.2) is 15.3 Å². The summed E-state index contributed by atoms with van der Waals surface area (Å²) in [6.45, 7) is 3.14. The number of nitrogens with one attached hydrogen (secondary N) is 1. The minimum atomic E-state index is 0.111. The van der Waals surface area contributed by atoms with E-state index in [2.05, 4.69) is 63.5 Å². The average molecular weight is 283 g/mol. The molecule has 4 heteroatoms. The monoisotopic (exact) mass is 283 g/mol. The van der Waals surface area contributed by atoms with Crippen molar-refractivity contribution < 1.29 is 0 Å². The molecule has 0 fully saturated rings. The second-order valence-corrected chi connectivity index (χ2v) is 5.34. The molecule has 3 nitrogen and oxygen atoms in total. The molecule has 1 N–H and O–H groups in total. The fourth-order valence-electron chi connectivity index (χ4n) is 2.46. The first-order valence-corrected chi connectivity index (χ1v) is 7.61. The van der Waals surface area contributed by atoms with Gasteiger partial charge in [0.1, 0.15) is 0 Å². The largest absolute Gasteiger partial charge is 0.305 e. The van der Waals surface area contributed by atoms with E-state index in [1.165, 1.54) is 28.1 Å². The lowest BCUT2D eigenvalue weighted by atomic mass is 9.97. The van der Waals surface area contributed by atoms with E-state index in [4.69, 9.17) is 0 Å². The van der Waals surface area contributed by atoms with Gasteiger partial charge < -0.3 is 5.32 Å². The zero-order valence-electron chi connectivity index (χ0n) is 11.4. The van der Waals surface area contributed by atoms with E-state index in [0.717, 1.165) is 18.7 Å². The molecule has 1 heterocycles. The first-order chi connectivity index (χ1) is 9.90. The Bertz CT molecular complexity index is 674. The van der Waals surface area contributed by atoms with Gasteiger partial charge in [0.2, 0.25) is 0 Å². The molecule has 0 saturated heterocycles. The first-order valence-electron chi connectivity index (χ1n) is 6.88. The van der Waals surface area contributed by atoms with Gasteiger partial charge in [-0.15, -0.1) is 0 Å². The van der Waals surface area contributed by atoms with Crippen LogP contribution in [0.2, 0.25) is 0 Å². The summed E-state index contributed by atoms with van der Waals surface area (Å²) in [7, 11) is 0. The first kappa shape index (κ1) is 13.2. The van der Waals surface area contributed by atoms with E-state index in [1.54, 1.807) is 0 Å². The minimum absolute atomic E-state index is 0.111. The van der Waals surface area contributed by atoms with E-state index in [1.807, 2.05) is 6.20 Å². The highest BCUT2D eigenvalue weighted by atomic mass is 32.1. The van der Waals surface area contributed by atoms with Gasteiger partial charge in [-0.25, -0.2) is 0 Å². The number of nitrogens with zero attached hydrogens (tertiary/aromatic N) is 2. The summed E-state index contributed by atoms with van der Waals surface area (Å²) in [5.41, 5.74) is 2.27. The molecule has 0 aliphatic heterocycles. The Morgan fingerprint density at radius 3 is 2.80 bits per heavy atom. The van der Waals surface area contributed by atoms with E-state index in [9.17, 15) is 0 Å². The quantitative estimate of drug-likeness (QED) is 0.774. The number of benzene rings is 2. The van der Waals surface area contributed by atoms with Crippen LogP contribution in [0.25, 0.3) is 10.8 Å². The summed E-state index contributed by atoms with van der Waals surface area (Å²) in [5, 5.41) is 6.12. The van der Waals surface area contributed by atoms with Gasteiger partial charge in [0.05, 0.1) is 29.7 Å². The fourth-order valence-corrected chi connectivity index (χ4v) is 2.91. The third-order valence-electron chi connectivity index (χ3n) is 3.41. The van der Waals surface area contributed by atoms with E-state index < -0.39 is 0 Å². The van der Waals surface area contributed by atoms with Crippen LogP contribution in [0.3, 0.4) is 0 Å². The van der Waals surface area contributed by atoms with Crippen LogP contribution in [0.5, 0.6) is 0 Å². The molecule has 0 bridgehead atoms. The van der Waals surface area contributed by atoms with Crippen LogP contribution < -0.4 is 5.32 Å². The molecule has 2 aromatic carbocycles. The second-order valence-electron chi connectivity index (χ2n) is 4.79. The minimum Gasteiger partial charge on any atom is -0.305 e. The van der Waals surface area contributed by atoms with Crippen LogP contribution in [-0.2, 0) is 0 Å². The van der Waals surface area contributed by atoms with Gasteiger partial charge in [-0.3, -0.25) is 0 Å². The normalized spacial score (nSPS) is 12.7. The van der Waals surface area contributed by atoms with E-state index in [-0.39, 0.29) is 6.04 Å². The smallest absolute Gasteiger partial charge is 0.0957 e. The summed E-state index contributed by atoms with van der Waals surface area (Å²) >= 11 is 1.26. The molecule has 1 unspecified atom stereocenters. The maximum absolute atomic E-state index is 4.42. The molecule has 0 radical (unpaired) electrons. The van der Waals surface area contributed by atoms with Crippen molar-refractivity contribution in [3.05, 3.63) is 59.9 Å². The Kier molecular flexibility index (Phi) is 4.04. The fraction of sp³-hybridized carbons (Fsp3) is 0.250. The lowest BCUT2D eigenvalue weighted by Crippen LogP contribution is -2.23. The molecule has 20 heavy (non-hydrogen) atoms. The van der Waals surface area contributed by atoms with Gasteiger partial charge in [0.15, 0.2) is 0 Å². The van der Waals surface area contributed by atoms with Crippen LogP contribution in [0.15, 0.2) is 48.7 Å². The predicted octanol–water partition coefficient (Wildman–Crippen LogP) is 3.78. The zero-order chi connectivity index (χ0) is 13.8. The van der Waals surface area contributed by atoms with Crippen molar-refractivity contribution in [2.75, 3.05) is 6.54 Å². The maximum atomic E-state index is 4.42. The Morgan fingerprint density at radius 2 is 2.00 bits per heavy atom. The topological polar surface area (TPSA) is 37.8 Å². The third-order valence-corrected chi connectivity index (χ3v) is 3.90. The molecule has 0 aliphatic carbocycles. The lowest BCUT2D eigenvalue weighted by molar-refractivity contribution is 0.593. The van der Waals surface area contributed by atoms with Gasteiger partial charge in [-0.05, 0) is 29.3 Å². The molecule has 0 amide bonds. The van der Waals surface area contributed by atoms with E-state index in [0.29, 0.717) is 0 Å². The molecular formula is C16H17N3S. The summed E-state index contributed by atoms with van der Waals surface area (Å²) < 4.78 is 8.57. The van der Waals surface area contributed by atoms with Gasteiger partial charge >= 0.3 is 0 Å². The third kappa shape index (κ3) is 2.57. The highest BCUT2D eigenvalue weighted by molar-refractivity contribution is 6.99. The average Bonchev–Trinajstić information content (AvgIpc) is 3.02. The van der Waals surface area contributed by atoms with Gasteiger partial charge in [0, 0.05) is 0 Å². The zero-order valence-corrected chi connectivity index (χ0v) is 12.2. The Balaban J connectivity index is 2.09. The van der Waals surface area contributed by atoms with Gasteiger partial charge in [-0.1, -0.05) is 49.4 Å². The molecular weight excluding hydrogens is 266 g/mol. The summed E-state index contributed by atoms with van der Waals surface area (Å²) in [4.78, 5) is 0. The van der Waals surface area contributed by atoms with Gasteiger partial charge in [0.25, 0.3) is 0 Å². The van der Waals surface area contributed by atoms with Crippen LogP contribution >= 0.6 is 11.7 Å². The van der Waals surface area contributed by atoms with Gasteiger partial charge in [-0.2, -0.15) is 8.75 Å². The molecule has 0 aliphatic rings. The van der Waals surface area contributed by atoms with Crippen molar-refractivity contribution in [1.82, 2.24) is 14.1 Å². The highest BCUT2D eigenvalue weighted by Gasteiger charge is 2.18. The Morgan fingerprint density at radius 1 is 1.15 bits per heavy atom. The SMILES string of the molecule is CCCNC(c1cnsn1)c1cccc2ccccc12. The molecule has 3 rings (SSSR count). The molecule has 1 atom stereocenters. The molecule has 0 spiro atoms. The standard InChI is InChI=1S/C16H17N3S/c1-2-10-17-16(15-11-18-20-19-15)14-9-5-7-12-6-3-4-8-13(12)14/h3-9,11,16-17H,2,10H2,1H3. The number of aromatic nitrogens is 2. The summed E-state index contributed by atoms with van der Waals surface area (Å²) in [5.74, 6) is 0. The summed E-state index contributed by atoms with van der Waals surface area (Å²) in [6, 6.07) is 15.0. The highest BCUT2D eigenvalue weighted by Crippen LogP contribution is 2.28. The van der Waals surface area contributed by atoms with Crippen molar-refractivity contribution in [3.8, 4) is 0 Å². The van der Waals surface area contributed by atoms with Crippen molar-refractivity contribution >= 4 is 22.5 Å². The Hall–Kier alpha value is -1.78. The number of hydrogen-bond donors (Lipinski definition) is 1. The molecule has 3 aromatic rings. The number of rotatable bonds is 5. The maximum Gasteiger partial charge on any atom is 0.0957 e. The lowest BCUT2D eigenvalue weighted by Gasteiger charge is -2.18. The van der Waals surface area contributed by atoms with Crippen molar-refractivity contribution in [2.45, 2.75) is 19.4 Å². The predicted molar refractivity (Wildman–Crippen MR) is 84.0 cm³/mol. The number of fused-ring (bicyclic) bond motifs is 1.